The number of hydrogen-bond donors (Lipinski definition) is 2. The Hall–Kier alpha value is -1.81. The molecule has 1 aromatic rings. The molecule has 0 heterocycles. The lowest BCUT2D eigenvalue weighted by molar-refractivity contribution is -0.166. The number of phenolic OH excluding ortho intramolecular Hbond substituents is 2. The van der Waals surface area contributed by atoms with E-state index in [-0.39, 0.29) is 0 Å². The standard InChI is InChI=1S/C9H3F9O2/c10-7(11,12)2-1-3(19)4(8(13,14)15)5(6(2)20)9(16,17)18/h1,19-20H. The molecule has 0 bridgehead atoms. The molecule has 0 unspecified atom stereocenters. The molecule has 2 nitrogen and oxygen atoms in total. The van der Waals surface area contributed by atoms with E-state index in [1.807, 2.05) is 0 Å². The van der Waals surface area contributed by atoms with E-state index >= 15 is 0 Å². The van der Waals surface area contributed by atoms with Crippen LogP contribution in [0.5, 0.6) is 11.5 Å². The molecule has 0 aliphatic carbocycles. The van der Waals surface area contributed by atoms with Crippen LogP contribution in [0.2, 0.25) is 0 Å². The van der Waals surface area contributed by atoms with Crippen LogP contribution in [0.3, 0.4) is 0 Å². The molecule has 114 valence electrons. The molecule has 11 heteroatoms. The first-order chi connectivity index (χ1) is 8.67. The van der Waals surface area contributed by atoms with E-state index in [9.17, 15) is 39.5 Å². The van der Waals surface area contributed by atoms with E-state index in [0.29, 0.717) is 0 Å². The van der Waals surface area contributed by atoms with Gasteiger partial charge in [-0.2, -0.15) is 39.5 Å². The first-order valence-corrected chi connectivity index (χ1v) is 4.48. The lowest BCUT2D eigenvalue weighted by atomic mass is 9.99. The summed E-state index contributed by atoms with van der Waals surface area (Å²) in [6.07, 6.45) is -17.3. The van der Waals surface area contributed by atoms with E-state index in [4.69, 9.17) is 10.2 Å². The summed E-state index contributed by atoms with van der Waals surface area (Å²) in [5, 5.41) is 17.7. The van der Waals surface area contributed by atoms with Gasteiger partial charge in [0.05, 0.1) is 0 Å². The molecule has 0 aromatic heterocycles. The predicted molar refractivity (Wildman–Crippen MR) is 44.8 cm³/mol. The van der Waals surface area contributed by atoms with Crippen molar-refractivity contribution in [3.8, 4) is 11.5 Å². The van der Waals surface area contributed by atoms with Gasteiger partial charge < -0.3 is 10.2 Å². The summed E-state index contributed by atoms with van der Waals surface area (Å²) in [6.45, 7) is 0. The second kappa shape index (κ2) is 4.35. The van der Waals surface area contributed by atoms with Crippen LogP contribution in [0.1, 0.15) is 16.7 Å². The lowest BCUT2D eigenvalue weighted by Gasteiger charge is -2.20. The topological polar surface area (TPSA) is 40.5 Å². The van der Waals surface area contributed by atoms with Crippen LogP contribution < -0.4 is 0 Å². The fraction of sp³-hybridized carbons (Fsp3) is 0.333. The molecule has 0 saturated heterocycles. The molecular formula is C9H3F9O2. The average molecular weight is 314 g/mol. The highest BCUT2D eigenvalue weighted by molar-refractivity contribution is 5.56. The quantitative estimate of drug-likeness (QED) is 0.558. The average Bonchev–Trinajstić information content (AvgIpc) is 2.14. The fourth-order valence-electron chi connectivity index (χ4n) is 1.44. The molecule has 0 aliphatic heterocycles. The first kappa shape index (κ1) is 16.2. The van der Waals surface area contributed by atoms with Gasteiger partial charge in [-0.15, -0.1) is 0 Å². The number of phenols is 2. The molecule has 0 amide bonds. The molecule has 20 heavy (non-hydrogen) atoms. The maximum absolute atomic E-state index is 12.4. The Morgan fingerprint density at radius 2 is 1.05 bits per heavy atom. The Morgan fingerprint density at radius 1 is 0.650 bits per heavy atom. The summed E-state index contributed by atoms with van der Waals surface area (Å²) in [7, 11) is 0. The number of rotatable bonds is 0. The summed E-state index contributed by atoms with van der Waals surface area (Å²) >= 11 is 0. The van der Waals surface area contributed by atoms with Crippen molar-refractivity contribution in [2.45, 2.75) is 18.5 Å². The molecule has 0 atom stereocenters. The summed E-state index contributed by atoms with van der Waals surface area (Å²) in [4.78, 5) is 0. The van der Waals surface area contributed by atoms with Crippen LogP contribution >= 0.6 is 0 Å². The van der Waals surface area contributed by atoms with Crippen molar-refractivity contribution in [2.75, 3.05) is 0 Å². The van der Waals surface area contributed by atoms with E-state index in [0.717, 1.165) is 0 Å². The van der Waals surface area contributed by atoms with Gasteiger partial charge in [0.15, 0.2) is 0 Å². The SMILES string of the molecule is Oc1cc(C(F)(F)F)c(O)c(C(F)(F)F)c1C(F)(F)F. The van der Waals surface area contributed by atoms with Crippen LogP contribution in [0, 0.1) is 0 Å². The van der Waals surface area contributed by atoms with Gasteiger partial charge in [0.25, 0.3) is 0 Å². The van der Waals surface area contributed by atoms with Gasteiger partial charge in [-0.3, -0.25) is 0 Å². The van der Waals surface area contributed by atoms with Gasteiger partial charge in [-0.05, 0) is 6.07 Å². The molecule has 0 spiro atoms. The Labute approximate surface area is 104 Å². The van der Waals surface area contributed by atoms with Crippen LogP contribution in [-0.2, 0) is 18.5 Å². The van der Waals surface area contributed by atoms with Crippen LogP contribution in [0.25, 0.3) is 0 Å². The number of alkyl halides is 9. The van der Waals surface area contributed by atoms with Gasteiger partial charge in [-0.25, -0.2) is 0 Å². The van der Waals surface area contributed by atoms with Crippen molar-refractivity contribution in [1.82, 2.24) is 0 Å². The van der Waals surface area contributed by atoms with Crippen molar-refractivity contribution in [2.24, 2.45) is 0 Å². The first-order valence-electron chi connectivity index (χ1n) is 4.48. The largest absolute Gasteiger partial charge is 0.507 e. The summed E-state index contributed by atoms with van der Waals surface area (Å²) < 4.78 is 111. The molecule has 0 fully saturated rings. The normalized spacial score (nSPS) is 13.7. The number of halogens is 9. The van der Waals surface area contributed by atoms with Crippen molar-refractivity contribution in [1.29, 1.82) is 0 Å². The second-order valence-electron chi connectivity index (χ2n) is 3.54. The number of hydrogen-bond acceptors (Lipinski definition) is 2. The summed E-state index contributed by atoms with van der Waals surface area (Å²) in [6, 6.07) is -0.618. The lowest BCUT2D eigenvalue weighted by Crippen LogP contribution is -2.19. The Kier molecular flexibility index (Phi) is 3.53. The van der Waals surface area contributed by atoms with E-state index in [1.54, 1.807) is 0 Å². The Bertz CT molecular complexity index is 524. The van der Waals surface area contributed by atoms with Crippen LogP contribution in [0.4, 0.5) is 39.5 Å². The third-order valence-electron chi connectivity index (χ3n) is 2.15. The molecule has 0 saturated carbocycles. The third kappa shape index (κ3) is 2.85. The molecule has 1 rings (SSSR count). The van der Waals surface area contributed by atoms with Crippen molar-refractivity contribution in [3.63, 3.8) is 0 Å². The Morgan fingerprint density at radius 3 is 1.35 bits per heavy atom. The highest BCUT2D eigenvalue weighted by Gasteiger charge is 2.50. The van der Waals surface area contributed by atoms with Crippen LogP contribution in [0.15, 0.2) is 6.07 Å². The smallest absolute Gasteiger partial charge is 0.420 e. The summed E-state index contributed by atoms with van der Waals surface area (Å²) in [5.41, 5.74) is -8.19. The van der Waals surface area contributed by atoms with E-state index < -0.39 is 52.8 Å². The van der Waals surface area contributed by atoms with Crippen LogP contribution in [-0.4, -0.2) is 10.2 Å². The minimum absolute atomic E-state index is 0.618. The Balaban J connectivity index is 3.88. The molecule has 0 radical (unpaired) electrons. The maximum atomic E-state index is 12.4. The fourth-order valence-corrected chi connectivity index (χ4v) is 1.44. The zero-order valence-corrected chi connectivity index (χ0v) is 8.87. The monoisotopic (exact) mass is 314 g/mol. The predicted octanol–water partition coefficient (Wildman–Crippen LogP) is 4.15. The second-order valence-corrected chi connectivity index (χ2v) is 3.54. The van der Waals surface area contributed by atoms with Gasteiger partial charge >= 0.3 is 18.5 Å². The van der Waals surface area contributed by atoms with Gasteiger partial charge in [0, 0.05) is 0 Å². The highest BCUT2D eigenvalue weighted by Crippen LogP contribution is 2.52. The third-order valence-corrected chi connectivity index (χ3v) is 2.15. The van der Waals surface area contributed by atoms with Crippen molar-refractivity contribution in [3.05, 3.63) is 22.8 Å². The van der Waals surface area contributed by atoms with Gasteiger partial charge in [0.1, 0.15) is 28.2 Å². The maximum Gasteiger partial charge on any atom is 0.420 e. The summed E-state index contributed by atoms with van der Waals surface area (Å²) in [5.74, 6) is -4.93. The number of aromatic hydroxyl groups is 2. The molecule has 0 aliphatic rings. The van der Waals surface area contributed by atoms with Crippen molar-refractivity contribution < 1.29 is 49.7 Å². The zero-order chi connectivity index (χ0) is 16.1. The minimum Gasteiger partial charge on any atom is -0.507 e. The minimum atomic E-state index is -5.95. The highest BCUT2D eigenvalue weighted by atomic mass is 19.4. The van der Waals surface area contributed by atoms with Gasteiger partial charge in [-0.1, -0.05) is 0 Å². The molecular weight excluding hydrogens is 311 g/mol. The van der Waals surface area contributed by atoms with Gasteiger partial charge in [0.2, 0.25) is 0 Å². The van der Waals surface area contributed by atoms with Crippen molar-refractivity contribution >= 4 is 0 Å². The molecule has 2 N–H and O–H groups in total. The van der Waals surface area contributed by atoms with E-state index in [2.05, 4.69) is 0 Å². The van der Waals surface area contributed by atoms with E-state index in [1.165, 1.54) is 0 Å². The number of benzene rings is 1. The molecule has 1 aromatic carbocycles. The zero-order valence-electron chi connectivity index (χ0n) is 8.87.